The highest BCUT2D eigenvalue weighted by Gasteiger charge is 2.42. The first kappa shape index (κ1) is 61.4. The summed E-state index contributed by atoms with van der Waals surface area (Å²) in [7, 11) is -5.27. The molecule has 1 unspecified atom stereocenters. The third kappa shape index (κ3) is 12.2. The summed E-state index contributed by atoms with van der Waals surface area (Å²) in [6.07, 6.45) is -2.62. The van der Waals surface area contributed by atoms with Gasteiger partial charge in [-0.15, -0.1) is 0 Å². The molecule has 16 N–H and O–H groups in total. The minimum absolute atomic E-state index is 0.0722. The number of carboxylic acid groups (broad SMARTS) is 1. The van der Waals surface area contributed by atoms with E-state index in [2.05, 4.69) is 31.9 Å². The van der Waals surface area contributed by atoms with Gasteiger partial charge < -0.3 is 91.8 Å². The number of aliphatic hydroxyl groups excluding tert-OH is 1. The largest absolute Gasteiger partial charge is 0.508 e. The summed E-state index contributed by atoms with van der Waals surface area (Å²) in [5.74, 6) is -17.0. The Balaban J connectivity index is 1.15. The Morgan fingerprint density at radius 1 is 0.544 bits per heavy atom. The van der Waals surface area contributed by atoms with Gasteiger partial charge in [-0.1, -0.05) is 53.0 Å². The zero-order valence-corrected chi connectivity index (χ0v) is 48.3. The number of carboxylic acids is 1. The van der Waals surface area contributed by atoms with Crippen molar-refractivity contribution in [3.8, 4) is 80.1 Å². The van der Waals surface area contributed by atoms with Crippen molar-refractivity contribution < 1.29 is 101 Å². The molecular formula is C58H44Cl3N7O21S. The molecule has 7 aromatic carbocycles. The topological polar surface area (TPSA) is 451 Å². The third-order valence-corrected chi connectivity index (χ3v) is 16.0. The number of aromatic hydroxyl groups is 5. The molecule has 28 nitrogen and oxygen atoms in total. The summed E-state index contributed by atoms with van der Waals surface area (Å²) in [6.45, 7) is 0. The van der Waals surface area contributed by atoms with Gasteiger partial charge in [-0.05, 0) is 112 Å². The van der Waals surface area contributed by atoms with Crippen molar-refractivity contribution in [1.82, 2.24) is 31.9 Å². The molecule has 7 aromatic rings. The Hall–Kier alpha value is -10.3. The lowest BCUT2D eigenvalue weighted by atomic mass is 9.89. The molecule has 0 saturated carbocycles. The molecule has 0 aromatic heterocycles. The summed E-state index contributed by atoms with van der Waals surface area (Å²) >= 11 is 20.3. The van der Waals surface area contributed by atoms with E-state index in [4.69, 9.17) is 58.9 Å². The predicted molar refractivity (Wildman–Crippen MR) is 310 cm³/mol. The molecule has 0 radical (unpaired) electrons. The number of aliphatic hydroxyl groups is 1. The fourth-order valence-electron chi connectivity index (χ4n) is 10.4. The minimum atomic E-state index is -5.27. The lowest BCUT2D eigenvalue weighted by molar-refractivity contribution is -0.143. The Kier molecular flexibility index (Phi) is 16.2. The van der Waals surface area contributed by atoms with Crippen LogP contribution >= 0.6 is 34.8 Å². The van der Waals surface area contributed by atoms with Gasteiger partial charge in [-0.3, -0.25) is 33.3 Å². The van der Waals surface area contributed by atoms with E-state index in [0.29, 0.717) is 0 Å². The molecule has 6 amide bonds. The molecule has 13 rings (SSSR count). The molecule has 0 aliphatic carbocycles. The van der Waals surface area contributed by atoms with Crippen LogP contribution in [0, 0.1) is 0 Å². The van der Waals surface area contributed by atoms with Crippen LogP contribution < -0.4 is 56.0 Å². The number of phenolic OH excluding ortho intramolecular Hbond substituents is 5. The molecular weight excluding hydrogens is 1270 g/mol. The van der Waals surface area contributed by atoms with E-state index in [1.807, 2.05) is 0 Å². The summed E-state index contributed by atoms with van der Waals surface area (Å²) in [5.41, 5.74) is 3.40. The molecule has 6 aliphatic rings. The highest BCUT2D eigenvalue weighted by Crippen LogP contribution is 2.49. The van der Waals surface area contributed by atoms with Crippen LogP contribution in [-0.2, 0) is 50.4 Å². The summed E-state index contributed by atoms with van der Waals surface area (Å²) < 4.78 is 56.8. The number of benzene rings is 7. The van der Waals surface area contributed by atoms with E-state index in [-0.39, 0.29) is 43.8 Å². The van der Waals surface area contributed by atoms with Crippen molar-refractivity contribution in [2.75, 3.05) is 0 Å². The first-order chi connectivity index (χ1) is 42.6. The van der Waals surface area contributed by atoms with Crippen LogP contribution in [0.25, 0.3) is 11.1 Å². The first-order valence-electron chi connectivity index (χ1n) is 26.3. The number of ether oxygens (including phenoxy) is 3. The van der Waals surface area contributed by atoms with Crippen molar-refractivity contribution in [3.63, 3.8) is 0 Å². The normalized spacial score (nSPS) is 21.6. The van der Waals surface area contributed by atoms with E-state index in [0.717, 1.165) is 91.0 Å². The lowest BCUT2D eigenvalue weighted by Crippen LogP contribution is -2.55. The zero-order valence-electron chi connectivity index (χ0n) is 45.2. The standard InChI is InChI=1S/C58H44Cl3N7O21S/c59-31-7-20-1-4-36(31)87-40-15-25-16-41(51(40)74)88-37-5-3-22(12-32(37)60)49(72)48-57(80)67-47(58(81)82)29-18-27(70)19-35(71)42(29)30-11-24(13-33(61)50(30)73)45(56(79)68-48)65-55(78)46(25)66-54(77)44-23-9-26(69)17-28(10-23)86-39-14-21(2-6-38(39)89-90(83,84)85)43(62)53(76)63-34(8-20)52(75)64-44/h1-7,9-19,34,43-49,69-74H,8,62H2,(H,63,76)(H,64,75)(H,65,78)(H,66,77)(H,67,80)(H,68,79)(H,81,82)(H,83,84,85)/t34-,43+,44?,45-,46-,47+,48+,49-/m1/s1. The van der Waals surface area contributed by atoms with Gasteiger partial charge in [-0.2, -0.15) is 8.42 Å². The van der Waals surface area contributed by atoms with Crippen LogP contribution in [0.1, 0.15) is 75.3 Å². The SMILES string of the molecule is N[C@@H]1C(=O)N[C@@H]2Cc3ccc(c(Cl)c3)Oc3cc4cc(c3O)Oc3ccc(cc3Cl)[C@@H](O)[C@@H]3NC(=O)[C@H](NC(=O)[C@@H]4NC(=O)C(NC2=O)c2cc(O)cc(c2)Oc2cc1ccc2OS(=O)(=O)O)c1cc(Cl)c(O)c(c1)-c1c(O)cc(O)cc1[C@@H](C(=O)O)NC3=O. The van der Waals surface area contributed by atoms with Crippen molar-refractivity contribution in [3.05, 3.63) is 163 Å². The molecule has 17 bridgehead atoms. The second-order valence-corrected chi connectivity index (χ2v) is 23.0. The summed E-state index contributed by atoms with van der Waals surface area (Å²) in [5, 5.41) is 93.3. The molecule has 90 heavy (non-hydrogen) atoms. The predicted octanol–water partition coefficient (Wildman–Crippen LogP) is 5.11. The number of nitrogens with one attached hydrogen (secondary N) is 6. The number of aliphatic carboxylic acids is 1. The maximum atomic E-state index is 15.8. The lowest BCUT2D eigenvalue weighted by Gasteiger charge is -2.31. The maximum absolute atomic E-state index is 15.8. The number of phenols is 5. The molecule has 0 saturated heterocycles. The number of hydrogen-bond acceptors (Lipinski definition) is 20. The Labute approximate surface area is 520 Å². The Bertz CT molecular complexity index is 4390. The maximum Gasteiger partial charge on any atom is 0.446 e. The fraction of sp³-hybridized carbons (Fsp3) is 0.155. The number of carbonyl (C=O) groups is 7. The number of carbonyl (C=O) groups excluding carboxylic acids is 6. The zero-order chi connectivity index (χ0) is 64.5. The average Bonchev–Trinajstić information content (AvgIpc) is 0.775. The first-order valence-corrected chi connectivity index (χ1v) is 28.8. The van der Waals surface area contributed by atoms with Crippen molar-refractivity contribution >= 4 is 86.6 Å². The average molecular weight is 1310 g/mol. The van der Waals surface area contributed by atoms with Gasteiger partial charge >= 0.3 is 16.4 Å². The fourth-order valence-corrected chi connectivity index (χ4v) is 11.5. The third-order valence-electron chi connectivity index (χ3n) is 14.7. The summed E-state index contributed by atoms with van der Waals surface area (Å²) in [6, 6.07) is 4.56. The summed E-state index contributed by atoms with van der Waals surface area (Å²) in [4.78, 5) is 104. The van der Waals surface area contributed by atoms with Crippen molar-refractivity contribution in [2.45, 2.75) is 54.8 Å². The second kappa shape index (κ2) is 23.7. The van der Waals surface area contributed by atoms with Crippen LogP contribution in [0.2, 0.25) is 15.1 Å². The van der Waals surface area contributed by atoms with Gasteiger partial charge in [0, 0.05) is 35.2 Å². The van der Waals surface area contributed by atoms with E-state index in [1.54, 1.807) is 0 Å². The van der Waals surface area contributed by atoms with Gasteiger partial charge in [0.15, 0.2) is 29.0 Å². The van der Waals surface area contributed by atoms with Crippen LogP contribution in [0.15, 0.2) is 109 Å². The molecule has 8 atom stereocenters. The van der Waals surface area contributed by atoms with E-state index in [1.165, 1.54) is 18.2 Å². The molecule has 32 heteroatoms. The van der Waals surface area contributed by atoms with Gasteiger partial charge in [0.1, 0.15) is 82.6 Å². The van der Waals surface area contributed by atoms with Gasteiger partial charge in [0.2, 0.25) is 41.2 Å². The smallest absolute Gasteiger partial charge is 0.446 e. The van der Waals surface area contributed by atoms with Crippen LogP contribution in [0.5, 0.6) is 69.0 Å². The van der Waals surface area contributed by atoms with E-state index in [9.17, 15) is 67.9 Å². The monoisotopic (exact) mass is 1310 g/mol. The van der Waals surface area contributed by atoms with Crippen molar-refractivity contribution in [2.24, 2.45) is 5.73 Å². The van der Waals surface area contributed by atoms with Gasteiger partial charge in [0.05, 0.1) is 15.1 Å². The minimum Gasteiger partial charge on any atom is -0.508 e. The Morgan fingerprint density at radius 2 is 1.11 bits per heavy atom. The number of halogens is 3. The number of hydrogen-bond donors (Lipinski definition) is 15. The van der Waals surface area contributed by atoms with E-state index >= 15 is 14.4 Å². The van der Waals surface area contributed by atoms with Crippen LogP contribution in [0.3, 0.4) is 0 Å². The van der Waals surface area contributed by atoms with E-state index < -0.39 is 197 Å². The van der Waals surface area contributed by atoms with Crippen LogP contribution in [0.4, 0.5) is 0 Å². The molecule has 0 fully saturated rings. The number of fused-ring (bicyclic) bond motifs is 14. The Morgan fingerprint density at radius 3 is 1.74 bits per heavy atom. The van der Waals surface area contributed by atoms with Gasteiger partial charge in [-0.25, -0.2) is 4.79 Å². The molecule has 464 valence electrons. The molecule has 6 aliphatic heterocycles. The van der Waals surface area contributed by atoms with Crippen molar-refractivity contribution in [1.29, 1.82) is 0 Å². The number of nitrogens with two attached hydrogens (primary N) is 1. The highest BCUT2D eigenvalue weighted by molar-refractivity contribution is 7.81. The molecule has 6 heterocycles. The quantitative estimate of drug-likeness (QED) is 0.102. The van der Waals surface area contributed by atoms with Gasteiger partial charge in [0.25, 0.3) is 0 Å². The number of amides is 6. The highest BCUT2D eigenvalue weighted by atomic mass is 35.5. The second-order valence-electron chi connectivity index (χ2n) is 20.7. The molecule has 0 spiro atoms. The van der Waals surface area contributed by atoms with Crippen LogP contribution in [-0.4, -0.2) is 102 Å². The number of rotatable bonds is 3.